The van der Waals surface area contributed by atoms with E-state index in [9.17, 15) is 4.79 Å². The fourth-order valence-electron chi connectivity index (χ4n) is 3.10. The van der Waals surface area contributed by atoms with Crippen molar-refractivity contribution >= 4 is 40.1 Å². The van der Waals surface area contributed by atoms with Crippen LogP contribution in [0.2, 0.25) is 5.02 Å². The fourth-order valence-corrected chi connectivity index (χ4v) is 3.23. The molecule has 0 saturated carbocycles. The molecule has 4 rings (SSSR count). The van der Waals surface area contributed by atoms with E-state index in [1.54, 1.807) is 18.2 Å². The molecule has 0 bridgehead atoms. The van der Waals surface area contributed by atoms with E-state index in [0.29, 0.717) is 28.5 Å². The van der Waals surface area contributed by atoms with Crippen LogP contribution in [0.1, 0.15) is 16.8 Å². The number of fused-ring (bicyclic) bond motifs is 1. The van der Waals surface area contributed by atoms with Crippen LogP contribution in [-0.2, 0) is 11.4 Å². The van der Waals surface area contributed by atoms with E-state index in [4.69, 9.17) is 22.1 Å². The molecule has 0 radical (unpaired) electrons. The van der Waals surface area contributed by atoms with Crippen LogP contribution in [0, 0.1) is 0 Å². The van der Waals surface area contributed by atoms with Gasteiger partial charge in [-0.1, -0.05) is 60.1 Å². The smallest absolute Gasteiger partial charge is 0.249 e. The Morgan fingerprint density at radius 2 is 1.67 bits per heavy atom. The molecule has 4 aromatic rings. The first-order valence-electron chi connectivity index (χ1n) is 9.43. The predicted octanol–water partition coefficient (Wildman–Crippen LogP) is 5.49. The molecule has 0 aliphatic heterocycles. The summed E-state index contributed by atoms with van der Waals surface area (Å²) in [5, 5.41) is 1.73. The number of benzene rings is 3. The van der Waals surface area contributed by atoms with E-state index in [1.807, 2.05) is 72.8 Å². The van der Waals surface area contributed by atoms with Gasteiger partial charge in [0, 0.05) is 16.0 Å². The Hall–Kier alpha value is -3.63. The lowest BCUT2D eigenvalue weighted by Gasteiger charge is -2.09. The van der Waals surface area contributed by atoms with Gasteiger partial charge in [0.2, 0.25) is 5.91 Å². The van der Waals surface area contributed by atoms with Gasteiger partial charge >= 0.3 is 0 Å². The van der Waals surface area contributed by atoms with Crippen LogP contribution in [0.5, 0.6) is 5.75 Å². The van der Waals surface area contributed by atoms with Crippen molar-refractivity contribution in [3.8, 4) is 5.75 Å². The van der Waals surface area contributed by atoms with Crippen LogP contribution < -0.4 is 10.5 Å². The second kappa shape index (κ2) is 8.80. The first-order chi connectivity index (χ1) is 14.6. The molecule has 5 heteroatoms. The highest BCUT2D eigenvalue weighted by Crippen LogP contribution is 2.23. The van der Waals surface area contributed by atoms with E-state index in [-0.39, 0.29) is 0 Å². The van der Waals surface area contributed by atoms with Gasteiger partial charge in [-0.15, -0.1) is 0 Å². The van der Waals surface area contributed by atoms with Crippen molar-refractivity contribution in [1.29, 1.82) is 0 Å². The first-order valence-corrected chi connectivity index (χ1v) is 9.81. The summed E-state index contributed by atoms with van der Waals surface area (Å²) >= 11 is 5.92. The van der Waals surface area contributed by atoms with Crippen molar-refractivity contribution in [2.75, 3.05) is 0 Å². The summed E-state index contributed by atoms with van der Waals surface area (Å²) in [7, 11) is 0. The van der Waals surface area contributed by atoms with Crippen molar-refractivity contribution in [3.05, 3.63) is 107 Å². The van der Waals surface area contributed by atoms with Crippen molar-refractivity contribution < 1.29 is 9.53 Å². The molecule has 0 atom stereocenters. The average Bonchev–Trinajstić information content (AvgIpc) is 2.77. The maximum atomic E-state index is 12.0. The van der Waals surface area contributed by atoms with E-state index >= 15 is 0 Å². The number of halogens is 1. The molecule has 0 aliphatic rings. The molecule has 1 amide bonds. The number of rotatable bonds is 6. The third kappa shape index (κ3) is 4.67. The maximum Gasteiger partial charge on any atom is 0.249 e. The molecule has 0 fully saturated rings. The van der Waals surface area contributed by atoms with Crippen LogP contribution in [0.25, 0.3) is 22.6 Å². The number of carbonyl (C=O) groups is 1. The molecule has 4 nitrogen and oxygen atoms in total. The molecule has 148 valence electrons. The minimum Gasteiger partial charge on any atom is -0.487 e. The number of primary amides is 1. The van der Waals surface area contributed by atoms with Crippen LogP contribution >= 0.6 is 11.6 Å². The van der Waals surface area contributed by atoms with E-state index in [2.05, 4.69) is 4.98 Å². The molecule has 3 aromatic carbocycles. The average molecular weight is 415 g/mol. The van der Waals surface area contributed by atoms with Crippen LogP contribution in [-0.4, -0.2) is 10.9 Å². The Labute approximate surface area is 179 Å². The number of para-hydroxylation sites is 1. The summed E-state index contributed by atoms with van der Waals surface area (Å²) in [4.78, 5) is 16.6. The number of aromatic nitrogens is 1. The zero-order chi connectivity index (χ0) is 20.9. The Bertz CT molecular complexity index is 1220. The van der Waals surface area contributed by atoms with Crippen molar-refractivity contribution in [3.63, 3.8) is 0 Å². The summed E-state index contributed by atoms with van der Waals surface area (Å²) < 4.78 is 5.85. The summed E-state index contributed by atoms with van der Waals surface area (Å²) in [6.07, 6.45) is 1.74. The lowest BCUT2D eigenvalue weighted by molar-refractivity contribution is -0.112. The van der Waals surface area contributed by atoms with Crippen LogP contribution in [0.15, 0.2) is 84.9 Å². The number of hydrogen-bond donors (Lipinski definition) is 1. The lowest BCUT2D eigenvalue weighted by Crippen LogP contribution is -2.12. The first kappa shape index (κ1) is 19.7. The fraction of sp³-hybridized carbons (Fsp3) is 0.0400. The van der Waals surface area contributed by atoms with Crippen molar-refractivity contribution in [2.45, 2.75) is 6.61 Å². The molecule has 0 unspecified atom stereocenters. The third-order valence-corrected chi connectivity index (χ3v) is 4.91. The van der Waals surface area contributed by atoms with Gasteiger partial charge in [0.05, 0.1) is 11.2 Å². The van der Waals surface area contributed by atoms with Crippen LogP contribution in [0.4, 0.5) is 0 Å². The van der Waals surface area contributed by atoms with E-state index in [1.165, 1.54) is 0 Å². The number of amides is 1. The minimum absolute atomic E-state index is 0.355. The van der Waals surface area contributed by atoms with Gasteiger partial charge in [-0.05, 0) is 53.6 Å². The Balaban J connectivity index is 1.49. The summed E-state index contributed by atoms with van der Waals surface area (Å²) in [5.41, 5.74) is 9.35. The molecular formula is C25H19ClN2O2. The largest absolute Gasteiger partial charge is 0.487 e. The number of carbonyl (C=O) groups excluding carboxylic acids is 1. The van der Waals surface area contributed by atoms with Gasteiger partial charge in [0.1, 0.15) is 12.4 Å². The number of ether oxygens (including phenoxy) is 1. The Kier molecular flexibility index (Phi) is 5.77. The summed E-state index contributed by atoms with van der Waals surface area (Å²) in [5.74, 6) is 0.183. The second-order valence-corrected chi connectivity index (χ2v) is 7.22. The molecule has 0 saturated heterocycles. The predicted molar refractivity (Wildman–Crippen MR) is 121 cm³/mol. The lowest BCUT2D eigenvalue weighted by atomic mass is 10.0. The summed E-state index contributed by atoms with van der Waals surface area (Å²) in [6.45, 7) is 0.355. The Morgan fingerprint density at radius 1 is 0.933 bits per heavy atom. The van der Waals surface area contributed by atoms with Gasteiger partial charge < -0.3 is 10.5 Å². The van der Waals surface area contributed by atoms with Gasteiger partial charge in [-0.2, -0.15) is 0 Å². The maximum absolute atomic E-state index is 12.0. The van der Waals surface area contributed by atoms with Gasteiger partial charge in [-0.3, -0.25) is 4.79 Å². The number of pyridine rings is 1. The normalized spacial score (nSPS) is 11.4. The summed E-state index contributed by atoms with van der Waals surface area (Å²) in [6, 6.07) is 26.4. The monoisotopic (exact) mass is 414 g/mol. The number of nitrogens with zero attached hydrogens (tertiary/aromatic N) is 1. The SMILES string of the molecule is NC(=O)/C(=C/c1ccc(Cl)cc1)c1ccc(OCc2ccc3ccccc3n2)cc1. The quantitative estimate of drug-likeness (QED) is 0.335. The molecule has 1 aromatic heterocycles. The second-order valence-electron chi connectivity index (χ2n) is 6.78. The molecule has 0 aliphatic carbocycles. The standard InChI is InChI=1S/C25H19ClN2O2/c26-20-10-5-17(6-11-20)15-23(25(27)29)18-8-13-22(14-9-18)30-16-21-12-7-19-3-1-2-4-24(19)28-21/h1-15H,16H2,(H2,27,29)/b23-15+. The zero-order valence-electron chi connectivity index (χ0n) is 16.1. The van der Waals surface area contributed by atoms with Crippen molar-refractivity contribution in [1.82, 2.24) is 4.98 Å². The molecule has 2 N–H and O–H groups in total. The molecular weight excluding hydrogens is 396 g/mol. The number of hydrogen-bond acceptors (Lipinski definition) is 3. The minimum atomic E-state index is -0.501. The highest BCUT2D eigenvalue weighted by atomic mass is 35.5. The number of nitrogens with two attached hydrogens (primary N) is 1. The molecule has 30 heavy (non-hydrogen) atoms. The molecule has 1 heterocycles. The van der Waals surface area contributed by atoms with Crippen molar-refractivity contribution in [2.24, 2.45) is 5.73 Å². The topological polar surface area (TPSA) is 65.2 Å². The Morgan fingerprint density at radius 3 is 2.40 bits per heavy atom. The zero-order valence-corrected chi connectivity index (χ0v) is 16.8. The van der Waals surface area contributed by atoms with Gasteiger partial charge in [-0.25, -0.2) is 4.98 Å². The van der Waals surface area contributed by atoms with E-state index in [0.717, 1.165) is 22.2 Å². The third-order valence-electron chi connectivity index (χ3n) is 4.65. The highest BCUT2D eigenvalue weighted by Gasteiger charge is 2.09. The van der Waals surface area contributed by atoms with Gasteiger partial charge in [0.25, 0.3) is 0 Å². The highest BCUT2D eigenvalue weighted by molar-refractivity contribution is 6.30. The molecule has 0 spiro atoms. The van der Waals surface area contributed by atoms with Gasteiger partial charge in [0.15, 0.2) is 0 Å². The van der Waals surface area contributed by atoms with Crippen LogP contribution in [0.3, 0.4) is 0 Å². The van der Waals surface area contributed by atoms with E-state index < -0.39 is 5.91 Å².